The number of fused-ring (bicyclic) bond motifs is 1. The van der Waals surface area contributed by atoms with Crippen LogP contribution in [0.5, 0.6) is 11.5 Å². The summed E-state index contributed by atoms with van der Waals surface area (Å²) >= 11 is 0. The standard InChI is InChI=1S/C21H25N3O6/c1-28-9-7-22-17-5-4-15(10-18(17)24(26)27)21(25)23-8-6-14-11-19(29-2)20(30-3)12-16(14)13-23/h4-5,10-12,22H,6-9,13H2,1-3H3. The van der Waals surface area contributed by atoms with Crippen molar-refractivity contribution < 1.29 is 23.9 Å². The predicted molar refractivity (Wildman–Crippen MR) is 111 cm³/mol. The Hall–Kier alpha value is -3.33. The summed E-state index contributed by atoms with van der Waals surface area (Å²) in [6.45, 7) is 1.76. The van der Waals surface area contributed by atoms with Crippen LogP contribution in [0.15, 0.2) is 30.3 Å². The van der Waals surface area contributed by atoms with Crippen molar-refractivity contribution in [1.82, 2.24) is 4.90 Å². The van der Waals surface area contributed by atoms with Gasteiger partial charge in [0.05, 0.1) is 25.7 Å². The van der Waals surface area contributed by atoms with E-state index < -0.39 is 4.92 Å². The lowest BCUT2D eigenvalue weighted by Gasteiger charge is -2.29. The van der Waals surface area contributed by atoms with Crippen molar-refractivity contribution in [1.29, 1.82) is 0 Å². The number of nitrogens with one attached hydrogen (secondary N) is 1. The lowest BCUT2D eigenvalue weighted by molar-refractivity contribution is -0.384. The van der Waals surface area contributed by atoms with Gasteiger partial charge < -0.3 is 24.4 Å². The van der Waals surface area contributed by atoms with Gasteiger partial charge in [0.2, 0.25) is 0 Å². The van der Waals surface area contributed by atoms with Crippen LogP contribution in [0.25, 0.3) is 0 Å². The maximum Gasteiger partial charge on any atom is 0.293 e. The fourth-order valence-electron chi connectivity index (χ4n) is 3.49. The maximum absolute atomic E-state index is 13.0. The number of nitro benzene ring substituents is 1. The highest BCUT2D eigenvalue weighted by Gasteiger charge is 2.25. The van der Waals surface area contributed by atoms with E-state index in [1.54, 1.807) is 38.4 Å². The van der Waals surface area contributed by atoms with E-state index >= 15 is 0 Å². The Bertz CT molecular complexity index is 947. The van der Waals surface area contributed by atoms with Crippen LogP contribution in [0.2, 0.25) is 0 Å². The number of carbonyl (C=O) groups excluding carboxylic acids is 1. The van der Waals surface area contributed by atoms with E-state index in [1.807, 2.05) is 12.1 Å². The molecular formula is C21H25N3O6. The van der Waals surface area contributed by atoms with Crippen molar-refractivity contribution >= 4 is 17.3 Å². The summed E-state index contributed by atoms with van der Waals surface area (Å²) in [7, 11) is 4.71. The Balaban J connectivity index is 1.82. The van der Waals surface area contributed by atoms with Crippen LogP contribution in [0.3, 0.4) is 0 Å². The molecule has 1 amide bonds. The number of amides is 1. The Morgan fingerprint density at radius 1 is 1.13 bits per heavy atom. The van der Waals surface area contributed by atoms with E-state index in [4.69, 9.17) is 14.2 Å². The number of nitro groups is 1. The molecule has 0 fully saturated rings. The number of anilines is 1. The summed E-state index contributed by atoms with van der Waals surface area (Å²) in [5, 5.41) is 14.4. The van der Waals surface area contributed by atoms with Crippen molar-refractivity contribution in [2.45, 2.75) is 13.0 Å². The molecule has 1 aliphatic heterocycles. The first kappa shape index (κ1) is 21.4. The van der Waals surface area contributed by atoms with Crippen LogP contribution in [0.4, 0.5) is 11.4 Å². The molecule has 1 N–H and O–H groups in total. The van der Waals surface area contributed by atoms with Crippen molar-refractivity contribution in [3.8, 4) is 11.5 Å². The van der Waals surface area contributed by atoms with Gasteiger partial charge in [-0.25, -0.2) is 0 Å². The molecule has 0 saturated heterocycles. The zero-order chi connectivity index (χ0) is 21.7. The molecule has 0 aliphatic carbocycles. The van der Waals surface area contributed by atoms with Crippen molar-refractivity contribution in [3.63, 3.8) is 0 Å². The number of ether oxygens (including phenoxy) is 3. The molecule has 2 aromatic rings. The number of benzene rings is 2. The topological polar surface area (TPSA) is 103 Å². The molecule has 0 spiro atoms. The minimum Gasteiger partial charge on any atom is -0.493 e. The molecule has 0 unspecified atom stereocenters. The smallest absolute Gasteiger partial charge is 0.293 e. The van der Waals surface area contributed by atoms with Crippen LogP contribution in [-0.4, -0.2) is 56.8 Å². The number of rotatable bonds is 8. The van der Waals surface area contributed by atoms with E-state index in [0.717, 1.165) is 11.1 Å². The van der Waals surface area contributed by atoms with Gasteiger partial charge in [-0.2, -0.15) is 0 Å². The number of nitrogens with zero attached hydrogens (tertiary/aromatic N) is 2. The molecule has 0 radical (unpaired) electrons. The van der Waals surface area contributed by atoms with Crippen LogP contribution >= 0.6 is 0 Å². The highest BCUT2D eigenvalue weighted by atomic mass is 16.6. The molecule has 0 bridgehead atoms. The SMILES string of the molecule is COCCNc1ccc(C(=O)N2CCc3cc(OC)c(OC)cc3C2)cc1[N+](=O)[O-]. The molecule has 0 saturated carbocycles. The van der Waals surface area contributed by atoms with Gasteiger partial charge in [-0.15, -0.1) is 0 Å². The third kappa shape index (κ3) is 4.46. The van der Waals surface area contributed by atoms with Gasteiger partial charge in [0, 0.05) is 38.4 Å². The summed E-state index contributed by atoms with van der Waals surface area (Å²) in [5.41, 5.74) is 2.57. The highest BCUT2D eigenvalue weighted by Crippen LogP contribution is 2.34. The second kappa shape index (κ2) is 9.45. The van der Waals surface area contributed by atoms with Gasteiger partial charge in [0.15, 0.2) is 11.5 Å². The number of carbonyl (C=O) groups is 1. The molecule has 0 aromatic heterocycles. The van der Waals surface area contributed by atoms with Crippen molar-refractivity contribution in [2.24, 2.45) is 0 Å². The largest absolute Gasteiger partial charge is 0.493 e. The first-order chi connectivity index (χ1) is 14.5. The molecule has 9 nitrogen and oxygen atoms in total. The Morgan fingerprint density at radius 2 is 1.83 bits per heavy atom. The summed E-state index contributed by atoms with van der Waals surface area (Å²) in [4.78, 5) is 25.7. The minimum absolute atomic E-state index is 0.138. The van der Waals surface area contributed by atoms with Crippen LogP contribution in [0.1, 0.15) is 21.5 Å². The maximum atomic E-state index is 13.0. The lowest BCUT2D eigenvalue weighted by Crippen LogP contribution is -2.36. The average molecular weight is 415 g/mol. The van der Waals surface area contributed by atoms with Gasteiger partial charge >= 0.3 is 0 Å². The Labute approximate surface area is 174 Å². The normalized spacial score (nSPS) is 12.8. The minimum atomic E-state index is -0.492. The summed E-state index contributed by atoms with van der Waals surface area (Å²) < 4.78 is 15.7. The lowest BCUT2D eigenvalue weighted by atomic mass is 9.98. The number of hydrogen-bond donors (Lipinski definition) is 1. The molecule has 160 valence electrons. The quantitative estimate of drug-likeness (QED) is 0.402. The van der Waals surface area contributed by atoms with Crippen LogP contribution in [-0.2, 0) is 17.7 Å². The monoisotopic (exact) mass is 415 g/mol. The van der Waals surface area contributed by atoms with Gasteiger partial charge in [-0.3, -0.25) is 14.9 Å². The van der Waals surface area contributed by atoms with E-state index in [-0.39, 0.29) is 17.2 Å². The zero-order valence-electron chi connectivity index (χ0n) is 17.3. The first-order valence-electron chi connectivity index (χ1n) is 9.52. The van der Waals surface area contributed by atoms with E-state index in [2.05, 4.69) is 5.32 Å². The summed E-state index contributed by atoms with van der Waals surface area (Å²) in [6, 6.07) is 8.29. The molecule has 1 heterocycles. The average Bonchev–Trinajstić information content (AvgIpc) is 2.77. The third-order valence-electron chi connectivity index (χ3n) is 5.07. The molecule has 1 aliphatic rings. The summed E-state index contributed by atoms with van der Waals surface area (Å²) in [6.07, 6.45) is 0.667. The van der Waals surface area contributed by atoms with Crippen molar-refractivity contribution in [3.05, 3.63) is 57.1 Å². The second-order valence-corrected chi connectivity index (χ2v) is 6.86. The summed E-state index contributed by atoms with van der Waals surface area (Å²) in [5.74, 6) is 1.01. The van der Waals surface area contributed by atoms with Crippen LogP contribution in [0, 0.1) is 10.1 Å². The predicted octanol–water partition coefficient (Wildman–Crippen LogP) is 2.87. The number of hydrogen-bond acceptors (Lipinski definition) is 7. The molecular weight excluding hydrogens is 390 g/mol. The molecule has 3 rings (SSSR count). The molecule has 30 heavy (non-hydrogen) atoms. The van der Waals surface area contributed by atoms with Gasteiger partial charge in [0.1, 0.15) is 5.69 Å². The molecule has 2 aromatic carbocycles. The van der Waals surface area contributed by atoms with Crippen LogP contribution < -0.4 is 14.8 Å². The second-order valence-electron chi connectivity index (χ2n) is 6.86. The Morgan fingerprint density at radius 3 is 2.47 bits per heavy atom. The van der Waals surface area contributed by atoms with E-state index in [0.29, 0.717) is 49.8 Å². The molecule has 0 atom stereocenters. The Kier molecular flexibility index (Phi) is 6.73. The highest BCUT2D eigenvalue weighted by molar-refractivity contribution is 5.96. The first-order valence-corrected chi connectivity index (χ1v) is 9.52. The fraction of sp³-hybridized carbons (Fsp3) is 0.381. The third-order valence-corrected chi connectivity index (χ3v) is 5.07. The van der Waals surface area contributed by atoms with Gasteiger partial charge in [0.25, 0.3) is 11.6 Å². The fourth-order valence-corrected chi connectivity index (χ4v) is 3.49. The van der Waals surface area contributed by atoms with Crippen molar-refractivity contribution in [2.75, 3.05) is 46.3 Å². The molecule has 9 heteroatoms. The van der Waals surface area contributed by atoms with E-state index in [1.165, 1.54) is 6.07 Å². The van der Waals surface area contributed by atoms with Gasteiger partial charge in [-0.1, -0.05) is 0 Å². The zero-order valence-corrected chi connectivity index (χ0v) is 17.3. The number of methoxy groups -OCH3 is 3. The van der Waals surface area contributed by atoms with Gasteiger partial charge in [-0.05, 0) is 41.8 Å². The van der Waals surface area contributed by atoms with E-state index in [9.17, 15) is 14.9 Å².